The minimum Gasteiger partial charge on any atom is -0.384 e. The predicted molar refractivity (Wildman–Crippen MR) is 53.2 cm³/mol. The first-order valence-corrected chi connectivity index (χ1v) is 4.36. The minimum atomic E-state index is -0.959. The third-order valence-corrected chi connectivity index (χ3v) is 2.16. The Hall–Kier alpha value is -0.610. The molecule has 0 aromatic heterocycles. The first kappa shape index (κ1) is 10.5. The Morgan fingerprint density at radius 2 is 2.00 bits per heavy atom. The quantitative estimate of drug-likeness (QED) is 0.504. The predicted octanol–water partition coefficient (Wildman–Crippen LogP) is 1.01. The van der Waals surface area contributed by atoms with Crippen molar-refractivity contribution in [1.82, 2.24) is 5.43 Å². The van der Waals surface area contributed by atoms with E-state index in [-0.39, 0.29) is 0 Å². The Labute approximate surface area is 82.5 Å². The van der Waals surface area contributed by atoms with Gasteiger partial charge in [0, 0.05) is 11.6 Å². The van der Waals surface area contributed by atoms with Crippen molar-refractivity contribution in [3.05, 3.63) is 34.9 Å². The molecule has 0 radical (unpaired) electrons. The molecule has 0 aliphatic rings. The lowest BCUT2D eigenvalue weighted by atomic mass is 9.96. The van der Waals surface area contributed by atoms with E-state index in [0.717, 1.165) is 5.56 Å². The highest BCUT2D eigenvalue weighted by atomic mass is 35.5. The Morgan fingerprint density at radius 3 is 2.46 bits per heavy atom. The standard InChI is InChI=1S/C9H13ClN2O/c1-9(13,6-12-11)7-2-4-8(10)5-3-7/h2-5,12-13H,6,11H2,1H3/t9-/m1/s1. The fourth-order valence-corrected chi connectivity index (χ4v) is 1.24. The van der Waals surface area contributed by atoms with E-state index in [2.05, 4.69) is 5.43 Å². The summed E-state index contributed by atoms with van der Waals surface area (Å²) in [4.78, 5) is 0. The van der Waals surface area contributed by atoms with Gasteiger partial charge >= 0.3 is 0 Å². The Kier molecular flexibility index (Phi) is 3.27. The molecule has 0 saturated heterocycles. The fraction of sp³-hybridized carbons (Fsp3) is 0.333. The van der Waals surface area contributed by atoms with Crippen LogP contribution in [0.5, 0.6) is 0 Å². The third kappa shape index (κ3) is 2.67. The van der Waals surface area contributed by atoms with Crippen molar-refractivity contribution in [3.63, 3.8) is 0 Å². The van der Waals surface area contributed by atoms with Crippen LogP contribution in [0.25, 0.3) is 0 Å². The van der Waals surface area contributed by atoms with Crippen molar-refractivity contribution >= 4 is 11.6 Å². The second-order valence-electron chi connectivity index (χ2n) is 3.16. The van der Waals surface area contributed by atoms with Crippen LogP contribution in [0.15, 0.2) is 24.3 Å². The highest BCUT2D eigenvalue weighted by molar-refractivity contribution is 6.30. The average molecular weight is 201 g/mol. The molecule has 4 heteroatoms. The van der Waals surface area contributed by atoms with E-state index >= 15 is 0 Å². The van der Waals surface area contributed by atoms with Gasteiger partial charge in [-0.15, -0.1) is 0 Å². The van der Waals surface area contributed by atoms with Crippen molar-refractivity contribution in [2.24, 2.45) is 5.84 Å². The molecule has 1 aromatic carbocycles. The summed E-state index contributed by atoms with van der Waals surface area (Å²) in [6.07, 6.45) is 0. The van der Waals surface area contributed by atoms with E-state index in [1.54, 1.807) is 31.2 Å². The molecule has 3 nitrogen and oxygen atoms in total. The lowest BCUT2D eigenvalue weighted by Gasteiger charge is -2.23. The van der Waals surface area contributed by atoms with Gasteiger partial charge in [-0.1, -0.05) is 23.7 Å². The van der Waals surface area contributed by atoms with Gasteiger partial charge in [-0.25, -0.2) is 0 Å². The topological polar surface area (TPSA) is 58.3 Å². The number of nitrogens with one attached hydrogen (secondary N) is 1. The first-order valence-electron chi connectivity index (χ1n) is 3.98. The number of hydrogen-bond acceptors (Lipinski definition) is 3. The zero-order chi connectivity index (χ0) is 9.90. The molecule has 0 bridgehead atoms. The van der Waals surface area contributed by atoms with E-state index in [4.69, 9.17) is 17.4 Å². The number of rotatable bonds is 3. The summed E-state index contributed by atoms with van der Waals surface area (Å²) in [6.45, 7) is 1.99. The fourth-order valence-electron chi connectivity index (χ4n) is 1.11. The highest BCUT2D eigenvalue weighted by Crippen LogP contribution is 2.21. The number of aliphatic hydroxyl groups is 1. The summed E-state index contributed by atoms with van der Waals surface area (Å²) in [5, 5.41) is 10.5. The second kappa shape index (κ2) is 4.07. The molecule has 0 heterocycles. The van der Waals surface area contributed by atoms with Gasteiger partial charge in [-0.3, -0.25) is 11.3 Å². The van der Waals surface area contributed by atoms with E-state index in [1.165, 1.54) is 0 Å². The molecular weight excluding hydrogens is 188 g/mol. The molecule has 1 atom stereocenters. The smallest absolute Gasteiger partial charge is 0.101 e. The van der Waals surface area contributed by atoms with Gasteiger partial charge in [0.05, 0.1) is 0 Å². The Bertz CT molecular complexity index is 271. The zero-order valence-electron chi connectivity index (χ0n) is 7.42. The number of hydrazine groups is 1. The van der Waals surface area contributed by atoms with E-state index in [1.807, 2.05) is 0 Å². The SMILES string of the molecule is C[C@@](O)(CNN)c1ccc(Cl)cc1. The van der Waals surface area contributed by atoms with Crippen LogP contribution in [0.2, 0.25) is 5.02 Å². The summed E-state index contributed by atoms with van der Waals surface area (Å²) in [7, 11) is 0. The van der Waals surface area contributed by atoms with Crippen LogP contribution in [-0.4, -0.2) is 11.7 Å². The molecule has 0 spiro atoms. The summed E-state index contributed by atoms with van der Waals surface area (Å²) in [6, 6.07) is 7.03. The lowest BCUT2D eigenvalue weighted by molar-refractivity contribution is 0.0572. The maximum Gasteiger partial charge on any atom is 0.101 e. The van der Waals surface area contributed by atoms with Gasteiger partial charge in [0.15, 0.2) is 0 Å². The number of nitrogens with two attached hydrogens (primary N) is 1. The second-order valence-corrected chi connectivity index (χ2v) is 3.60. The molecule has 1 aromatic rings. The number of hydrogen-bond donors (Lipinski definition) is 3. The van der Waals surface area contributed by atoms with Crippen molar-refractivity contribution in [3.8, 4) is 0 Å². The van der Waals surface area contributed by atoms with Crippen LogP contribution in [0.4, 0.5) is 0 Å². The minimum absolute atomic E-state index is 0.300. The molecule has 0 fully saturated rings. The molecule has 0 unspecified atom stereocenters. The van der Waals surface area contributed by atoms with Gasteiger partial charge < -0.3 is 5.11 Å². The monoisotopic (exact) mass is 200 g/mol. The Balaban J connectivity index is 2.87. The molecule has 0 aliphatic carbocycles. The van der Waals surface area contributed by atoms with Crippen LogP contribution in [0, 0.1) is 0 Å². The van der Waals surface area contributed by atoms with Crippen molar-refractivity contribution in [2.75, 3.05) is 6.54 Å². The van der Waals surface area contributed by atoms with E-state index in [9.17, 15) is 5.11 Å². The molecule has 0 saturated carbocycles. The normalized spacial score (nSPS) is 15.4. The Morgan fingerprint density at radius 1 is 1.46 bits per heavy atom. The van der Waals surface area contributed by atoms with Gasteiger partial charge in [-0.2, -0.15) is 0 Å². The van der Waals surface area contributed by atoms with E-state index < -0.39 is 5.60 Å². The van der Waals surface area contributed by atoms with Crippen LogP contribution < -0.4 is 11.3 Å². The maximum absolute atomic E-state index is 9.89. The van der Waals surface area contributed by atoms with Gasteiger partial charge in [0.2, 0.25) is 0 Å². The van der Waals surface area contributed by atoms with Gasteiger partial charge in [-0.05, 0) is 24.6 Å². The van der Waals surface area contributed by atoms with Crippen LogP contribution in [0.3, 0.4) is 0 Å². The molecule has 0 amide bonds. The first-order chi connectivity index (χ1) is 6.06. The highest BCUT2D eigenvalue weighted by Gasteiger charge is 2.21. The summed E-state index contributed by atoms with van der Waals surface area (Å²) in [5.74, 6) is 5.15. The molecule has 13 heavy (non-hydrogen) atoms. The van der Waals surface area contributed by atoms with Gasteiger partial charge in [0.1, 0.15) is 5.60 Å². The van der Waals surface area contributed by atoms with Crippen molar-refractivity contribution in [1.29, 1.82) is 0 Å². The molecule has 4 N–H and O–H groups in total. The maximum atomic E-state index is 9.89. The molecule has 72 valence electrons. The van der Waals surface area contributed by atoms with Crippen LogP contribution >= 0.6 is 11.6 Å². The van der Waals surface area contributed by atoms with Crippen molar-refractivity contribution < 1.29 is 5.11 Å². The zero-order valence-corrected chi connectivity index (χ0v) is 8.17. The average Bonchev–Trinajstić information content (AvgIpc) is 2.05. The number of benzene rings is 1. The largest absolute Gasteiger partial charge is 0.384 e. The summed E-state index contributed by atoms with van der Waals surface area (Å²) in [5.41, 5.74) is 2.27. The third-order valence-electron chi connectivity index (χ3n) is 1.91. The summed E-state index contributed by atoms with van der Waals surface area (Å²) < 4.78 is 0. The molecule has 0 aliphatic heterocycles. The number of halogens is 1. The van der Waals surface area contributed by atoms with Crippen molar-refractivity contribution in [2.45, 2.75) is 12.5 Å². The van der Waals surface area contributed by atoms with E-state index in [0.29, 0.717) is 11.6 Å². The van der Waals surface area contributed by atoms with Crippen LogP contribution in [-0.2, 0) is 5.60 Å². The van der Waals surface area contributed by atoms with Crippen LogP contribution in [0.1, 0.15) is 12.5 Å². The molecular formula is C9H13ClN2O. The van der Waals surface area contributed by atoms with Gasteiger partial charge in [0.25, 0.3) is 0 Å². The molecule has 1 rings (SSSR count). The lowest BCUT2D eigenvalue weighted by Crippen LogP contribution is -2.38. The summed E-state index contributed by atoms with van der Waals surface area (Å²) >= 11 is 5.72.